The van der Waals surface area contributed by atoms with Crippen LogP contribution >= 0.6 is 0 Å². The second kappa shape index (κ2) is 5.39. The highest BCUT2D eigenvalue weighted by atomic mass is 16.2. The van der Waals surface area contributed by atoms with Gasteiger partial charge in [0.05, 0.1) is 0 Å². The summed E-state index contributed by atoms with van der Waals surface area (Å²) in [4.78, 5) is 28.3. The lowest BCUT2D eigenvalue weighted by molar-refractivity contribution is -0.126. The van der Waals surface area contributed by atoms with Gasteiger partial charge in [0.1, 0.15) is 6.04 Å². The van der Waals surface area contributed by atoms with E-state index in [2.05, 4.69) is 5.32 Å². The maximum atomic E-state index is 12.7. The Morgan fingerprint density at radius 2 is 1.81 bits per heavy atom. The molecule has 1 aromatic rings. The normalized spacial score (nSPS) is 22.8. The van der Waals surface area contributed by atoms with Crippen molar-refractivity contribution in [1.82, 2.24) is 5.32 Å². The van der Waals surface area contributed by atoms with Crippen molar-refractivity contribution in [2.45, 2.75) is 25.3 Å². The third kappa shape index (κ3) is 2.86. The predicted molar refractivity (Wildman–Crippen MR) is 82.4 cm³/mol. The fraction of sp³-hybridized carbons (Fsp3) is 0.500. The summed E-state index contributed by atoms with van der Waals surface area (Å²) in [6, 6.07) is 7.55. The molecule has 2 amide bonds. The third-order valence-electron chi connectivity index (χ3n) is 4.18. The van der Waals surface area contributed by atoms with Crippen LogP contribution in [-0.2, 0) is 9.59 Å². The SMILES string of the molecule is CN(C)c1ccc(N2CCC(=O)NC(C3CC3)C2=O)cc1. The molecule has 0 bridgehead atoms. The van der Waals surface area contributed by atoms with Crippen molar-refractivity contribution < 1.29 is 9.59 Å². The molecule has 3 rings (SSSR count). The Hall–Kier alpha value is -2.04. The fourth-order valence-electron chi connectivity index (χ4n) is 2.73. The van der Waals surface area contributed by atoms with E-state index >= 15 is 0 Å². The minimum absolute atomic E-state index is 0.0207. The van der Waals surface area contributed by atoms with Gasteiger partial charge in [-0.2, -0.15) is 0 Å². The second-order valence-electron chi connectivity index (χ2n) is 6.03. The Morgan fingerprint density at radius 1 is 1.14 bits per heavy atom. The molecule has 1 aromatic carbocycles. The van der Waals surface area contributed by atoms with Crippen molar-refractivity contribution in [1.29, 1.82) is 0 Å². The molecule has 2 fully saturated rings. The summed E-state index contributed by atoms with van der Waals surface area (Å²) in [5.74, 6) is 0.330. The molecule has 5 heteroatoms. The van der Waals surface area contributed by atoms with Crippen LogP contribution in [-0.4, -0.2) is 38.5 Å². The van der Waals surface area contributed by atoms with Crippen LogP contribution in [0.25, 0.3) is 0 Å². The summed E-state index contributed by atoms with van der Waals surface area (Å²) in [6.45, 7) is 0.454. The summed E-state index contributed by atoms with van der Waals surface area (Å²) in [5.41, 5.74) is 1.96. The summed E-state index contributed by atoms with van der Waals surface area (Å²) in [6.07, 6.45) is 2.43. The highest BCUT2D eigenvalue weighted by molar-refractivity contribution is 6.01. The number of hydrogen-bond donors (Lipinski definition) is 1. The molecule has 5 nitrogen and oxygen atoms in total. The maximum Gasteiger partial charge on any atom is 0.249 e. The zero-order valence-electron chi connectivity index (χ0n) is 12.5. The van der Waals surface area contributed by atoms with E-state index in [1.807, 2.05) is 43.3 Å². The highest BCUT2D eigenvalue weighted by Crippen LogP contribution is 2.35. The van der Waals surface area contributed by atoms with E-state index in [0.717, 1.165) is 24.2 Å². The first-order valence-corrected chi connectivity index (χ1v) is 7.44. The van der Waals surface area contributed by atoms with Crippen molar-refractivity contribution in [2.75, 3.05) is 30.4 Å². The van der Waals surface area contributed by atoms with E-state index in [4.69, 9.17) is 0 Å². The van der Waals surface area contributed by atoms with Gasteiger partial charge >= 0.3 is 0 Å². The van der Waals surface area contributed by atoms with Gasteiger partial charge in [-0.25, -0.2) is 0 Å². The van der Waals surface area contributed by atoms with Crippen LogP contribution in [0.15, 0.2) is 24.3 Å². The molecule has 21 heavy (non-hydrogen) atoms. The maximum absolute atomic E-state index is 12.7. The molecule has 112 valence electrons. The van der Waals surface area contributed by atoms with E-state index in [9.17, 15) is 9.59 Å². The van der Waals surface area contributed by atoms with Crippen LogP contribution in [0.5, 0.6) is 0 Å². The molecule has 1 atom stereocenters. The lowest BCUT2D eigenvalue weighted by Gasteiger charge is -2.24. The molecule has 1 saturated carbocycles. The molecular formula is C16H21N3O2. The van der Waals surface area contributed by atoms with Gasteiger partial charge in [-0.15, -0.1) is 0 Å². The topological polar surface area (TPSA) is 52.6 Å². The van der Waals surface area contributed by atoms with Crippen LogP contribution in [0, 0.1) is 5.92 Å². The second-order valence-corrected chi connectivity index (χ2v) is 6.03. The van der Waals surface area contributed by atoms with Gasteiger partial charge in [0.2, 0.25) is 11.8 Å². The molecule has 1 aliphatic carbocycles. The Balaban J connectivity index is 1.84. The lowest BCUT2D eigenvalue weighted by atomic mass is 10.1. The first-order chi connectivity index (χ1) is 10.1. The van der Waals surface area contributed by atoms with Gasteiger partial charge in [0, 0.05) is 38.4 Å². The largest absolute Gasteiger partial charge is 0.378 e. The number of nitrogens with one attached hydrogen (secondary N) is 1. The molecular weight excluding hydrogens is 266 g/mol. The Kier molecular flexibility index (Phi) is 3.57. The summed E-state index contributed by atoms with van der Waals surface area (Å²) in [5, 5.41) is 2.88. The van der Waals surface area contributed by atoms with Crippen LogP contribution in [0.4, 0.5) is 11.4 Å². The van der Waals surface area contributed by atoms with Crippen molar-refractivity contribution >= 4 is 23.2 Å². The molecule has 0 spiro atoms. The first kappa shape index (κ1) is 13.9. The van der Waals surface area contributed by atoms with Gasteiger partial charge in [-0.1, -0.05) is 0 Å². The van der Waals surface area contributed by atoms with Crippen LogP contribution in [0.2, 0.25) is 0 Å². The standard InChI is InChI=1S/C16H21N3O2/c1-18(2)12-5-7-13(8-6-12)19-10-9-14(20)17-15(16(19)21)11-3-4-11/h5-8,11,15H,3-4,9-10H2,1-2H3,(H,17,20). The number of anilines is 2. The molecule has 2 aliphatic rings. The zero-order valence-corrected chi connectivity index (χ0v) is 12.5. The van der Waals surface area contributed by atoms with Gasteiger partial charge in [0.25, 0.3) is 0 Å². The number of amides is 2. The van der Waals surface area contributed by atoms with Crippen molar-refractivity contribution in [3.05, 3.63) is 24.3 Å². The van der Waals surface area contributed by atoms with E-state index in [1.165, 1.54) is 0 Å². The Bertz CT molecular complexity index is 549. The minimum Gasteiger partial charge on any atom is -0.378 e. The summed E-state index contributed by atoms with van der Waals surface area (Å²) >= 11 is 0. The van der Waals surface area contributed by atoms with E-state index in [0.29, 0.717) is 18.9 Å². The lowest BCUT2D eigenvalue weighted by Crippen LogP contribution is -2.46. The van der Waals surface area contributed by atoms with Gasteiger partial charge < -0.3 is 15.1 Å². The number of benzene rings is 1. The monoisotopic (exact) mass is 287 g/mol. The van der Waals surface area contributed by atoms with Gasteiger partial charge in [-0.3, -0.25) is 9.59 Å². The van der Waals surface area contributed by atoms with E-state index < -0.39 is 0 Å². The van der Waals surface area contributed by atoms with Gasteiger partial charge in [0.15, 0.2) is 0 Å². The Labute approximate surface area is 124 Å². The third-order valence-corrected chi connectivity index (χ3v) is 4.18. The highest BCUT2D eigenvalue weighted by Gasteiger charge is 2.41. The van der Waals surface area contributed by atoms with Crippen molar-refractivity contribution in [3.8, 4) is 0 Å². The predicted octanol–water partition coefficient (Wildman–Crippen LogP) is 1.38. The fourth-order valence-corrected chi connectivity index (χ4v) is 2.73. The molecule has 1 heterocycles. The number of rotatable bonds is 3. The molecule has 1 unspecified atom stereocenters. The average molecular weight is 287 g/mol. The number of carbonyl (C=O) groups is 2. The minimum atomic E-state index is -0.339. The summed E-state index contributed by atoms with van der Waals surface area (Å²) < 4.78 is 0. The number of carbonyl (C=O) groups excluding carboxylic acids is 2. The Morgan fingerprint density at radius 3 is 2.38 bits per heavy atom. The van der Waals surface area contributed by atoms with Gasteiger partial charge in [-0.05, 0) is 43.0 Å². The average Bonchev–Trinajstić information content (AvgIpc) is 3.29. The molecule has 1 aliphatic heterocycles. The van der Waals surface area contributed by atoms with Crippen LogP contribution < -0.4 is 15.1 Å². The van der Waals surface area contributed by atoms with Crippen molar-refractivity contribution in [2.24, 2.45) is 5.92 Å². The molecule has 1 N–H and O–H groups in total. The number of nitrogens with zero attached hydrogens (tertiary/aromatic N) is 2. The van der Waals surface area contributed by atoms with Crippen molar-refractivity contribution in [3.63, 3.8) is 0 Å². The quantitative estimate of drug-likeness (QED) is 0.914. The van der Waals surface area contributed by atoms with Crippen LogP contribution in [0.1, 0.15) is 19.3 Å². The zero-order chi connectivity index (χ0) is 15.0. The van der Waals surface area contributed by atoms with E-state index in [1.54, 1.807) is 4.90 Å². The van der Waals surface area contributed by atoms with Crippen LogP contribution in [0.3, 0.4) is 0 Å². The first-order valence-electron chi connectivity index (χ1n) is 7.44. The number of hydrogen-bond acceptors (Lipinski definition) is 3. The molecule has 0 aromatic heterocycles. The van der Waals surface area contributed by atoms with E-state index in [-0.39, 0.29) is 17.9 Å². The summed E-state index contributed by atoms with van der Waals surface area (Å²) in [7, 11) is 3.97. The molecule has 0 radical (unpaired) electrons. The molecule has 1 saturated heterocycles. The smallest absolute Gasteiger partial charge is 0.249 e.